The number of sulfonamides is 1. The average Bonchev–Trinajstić information content (AvgIpc) is 3.38. The molecule has 0 bridgehead atoms. The minimum absolute atomic E-state index is 0.0774. The molecule has 1 atom stereocenters. The molecule has 10 heteroatoms. The van der Waals surface area contributed by atoms with Crippen LogP contribution < -0.4 is 4.72 Å². The van der Waals surface area contributed by atoms with Crippen LogP contribution in [0, 0.1) is 11.3 Å². The molecule has 1 aromatic heterocycles. The number of carbonyl (C=O) groups excluding carboxylic acids is 1. The van der Waals surface area contributed by atoms with Crippen molar-refractivity contribution in [2.45, 2.75) is 83.1 Å². The van der Waals surface area contributed by atoms with E-state index >= 15 is 0 Å². The predicted octanol–water partition coefficient (Wildman–Crippen LogP) is 4.06. The molecule has 0 radical (unpaired) electrons. The fourth-order valence-corrected chi connectivity index (χ4v) is 6.79. The Labute approximate surface area is 219 Å². The molecule has 0 spiro atoms. The van der Waals surface area contributed by atoms with E-state index in [0.29, 0.717) is 24.0 Å². The maximum Gasteiger partial charge on any atom is 0.241 e. The molecule has 2 heterocycles. The number of amides is 1. The SMILES string of the molecule is CC(C)S(=O)(=O)N[C@@H](Cc1ccc(Cl)cc1)C(=O)N1CCC(Cn2cncn2)(C2CCCCC2)CC1. The predicted molar refractivity (Wildman–Crippen MR) is 141 cm³/mol. The summed E-state index contributed by atoms with van der Waals surface area (Å²) in [6, 6.07) is 6.36. The van der Waals surface area contributed by atoms with Crippen molar-refractivity contribution in [1.29, 1.82) is 0 Å². The summed E-state index contributed by atoms with van der Waals surface area (Å²) in [5.41, 5.74) is 0.942. The van der Waals surface area contributed by atoms with Crippen LogP contribution in [0.2, 0.25) is 5.02 Å². The van der Waals surface area contributed by atoms with Crippen molar-refractivity contribution in [1.82, 2.24) is 24.4 Å². The van der Waals surface area contributed by atoms with Gasteiger partial charge in [0, 0.05) is 24.7 Å². The minimum Gasteiger partial charge on any atom is -0.341 e. The van der Waals surface area contributed by atoms with Crippen LogP contribution in [0.25, 0.3) is 0 Å². The number of rotatable bonds is 9. The van der Waals surface area contributed by atoms with Crippen LogP contribution in [0.5, 0.6) is 0 Å². The molecule has 198 valence electrons. The molecule has 1 aliphatic carbocycles. The number of piperidine rings is 1. The maximum absolute atomic E-state index is 13.7. The van der Waals surface area contributed by atoms with Crippen LogP contribution in [0.15, 0.2) is 36.9 Å². The summed E-state index contributed by atoms with van der Waals surface area (Å²) in [5.74, 6) is 0.448. The van der Waals surface area contributed by atoms with Gasteiger partial charge in [-0.1, -0.05) is 43.0 Å². The molecule has 36 heavy (non-hydrogen) atoms. The van der Waals surface area contributed by atoms with E-state index in [1.165, 1.54) is 32.1 Å². The molecule has 4 rings (SSSR count). The number of hydrogen-bond acceptors (Lipinski definition) is 5. The highest BCUT2D eigenvalue weighted by Crippen LogP contribution is 2.47. The van der Waals surface area contributed by atoms with Crippen LogP contribution in [0.1, 0.15) is 64.4 Å². The zero-order valence-corrected chi connectivity index (χ0v) is 22.8. The average molecular weight is 536 g/mol. The zero-order valence-electron chi connectivity index (χ0n) is 21.3. The van der Waals surface area contributed by atoms with Gasteiger partial charge in [0.2, 0.25) is 15.9 Å². The number of nitrogens with zero attached hydrogens (tertiary/aromatic N) is 4. The second-order valence-electron chi connectivity index (χ2n) is 10.7. The highest BCUT2D eigenvalue weighted by atomic mass is 35.5. The van der Waals surface area contributed by atoms with Gasteiger partial charge in [0.1, 0.15) is 18.7 Å². The number of carbonyl (C=O) groups is 1. The summed E-state index contributed by atoms with van der Waals surface area (Å²) in [6.07, 6.45) is 11.7. The van der Waals surface area contributed by atoms with E-state index in [1.54, 1.807) is 38.6 Å². The maximum atomic E-state index is 13.7. The Morgan fingerprint density at radius 3 is 2.39 bits per heavy atom. The van der Waals surface area contributed by atoms with E-state index in [-0.39, 0.29) is 17.7 Å². The van der Waals surface area contributed by atoms with Crippen molar-refractivity contribution in [2.75, 3.05) is 13.1 Å². The summed E-state index contributed by atoms with van der Waals surface area (Å²) < 4.78 is 30.1. The van der Waals surface area contributed by atoms with E-state index in [9.17, 15) is 13.2 Å². The zero-order chi connectivity index (χ0) is 25.8. The smallest absolute Gasteiger partial charge is 0.241 e. The quantitative estimate of drug-likeness (QED) is 0.522. The van der Waals surface area contributed by atoms with Crippen molar-refractivity contribution in [3.63, 3.8) is 0 Å². The standard InChI is InChI=1S/C26H38ClN5O3S/c1-20(2)36(34,35)30-24(16-21-8-10-23(27)11-9-21)25(33)31-14-12-26(13-15-31,17-32-19-28-18-29-32)22-6-4-3-5-7-22/h8-11,18-20,22,24,30H,3-7,12-17H2,1-2H3/t24-/m0/s1. The van der Waals surface area contributed by atoms with Crippen LogP contribution in [0.3, 0.4) is 0 Å². The molecule has 2 aliphatic rings. The largest absolute Gasteiger partial charge is 0.341 e. The monoisotopic (exact) mass is 535 g/mol. The summed E-state index contributed by atoms with van der Waals surface area (Å²) >= 11 is 6.03. The van der Waals surface area contributed by atoms with Crippen molar-refractivity contribution >= 4 is 27.5 Å². The lowest BCUT2D eigenvalue weighted by Crippen LogP contribution is -2.55. The third-order valence-corrected chi connectivity index (χ3v) is 10.2. The fourth-order valence-electron chi connectivity index (χ4n) is 5.81. The van der Waals surface area contributed by atoms with Crippen LogP contribution >= 0.6 is 11.6 Å². The molecule has 1 N–H and O–H groups in total. The molecule has 1 saturated heterocycles. The third kappa shape index (κ3) is 6.47. The van der Waals surface area contributed by atoms with Crippen LogP contribution in [0.4, 0.5) is 0 Å². The van der Waals surface area contributed by atoms with Gasteiger partial charge in [-0.25, -0.2) is 18.1 Å². The first-order chi connectivity index (χ1) is 17.2. The Morgan fingerprint density at radius 1 is 1.14 bits per heavy atom. The van der Waals surface area contributed by atoms with Crippen LogP contribution in [-0.2, 0) is 27.8 Å². The minimum atomic E-state index is -3.63. The van der Waals surface area contributed by atoms with Crippen LogP contribution in [-0.4, -0.2) is 58.4 Å². The van der Waals surface area contributed by atoms with Crippen molar-refractivity contribution in [3.05, 3.63) is 47.5 Å². The van der Waals surface area contributed by atoms with Gasteiger partial charge in [0.15, 0.2) is 0 Å². The molecular weight excluding hydrogens is 498 g/mol. The lowest BCUT2D eigenvalue weighted by molar-refractivity contribution is -0.136. The molecular formula is C26H38ClN5O3S. The lowest BCUT2D eigenvalue weighted by Gasteiger charge is -2.48. The first kappa shape index (κ1) is 27.1. The first-order valence-corrected chi connectivity index (χ1v) is 15.0. The number of likely N-dealkylation sites (tertiary alicyclic amines) is 1. The Bertz CT molecular complexity index is 1090. The summed E-state index contributed by atoms with van der Waals surface area (Å²) in [4.78, 5) is 19.7. The second-order valence-corrected chi connectivity index (χ2v) is 13.4. The Hall–Kier alpha value is -1.97. The molecule has 8 nitrogen and oxygen atoms in total. The Morgan fingerprint density at radius 2 is 1.81 bits per heavy atom. The van der Waals surface area contributed by atoms with E-state index < -0.39 is 21.3 Å². The van der Waals surface area contributed by atoms with Crippen molar-refractivity contribution in [3.8, 4) is 0 Å². The van der Waals surface area contributed by atoms with Gasteiger partial charge in [-0.05, 0) is 75.0 Å². The molecule has 0 unspecified atom stereocenters. The lowest BCUT2D eigenvalue weighted by atomic mass is 9.63. The van der Waals surface area contributed by atoms with Gasteiger partial charge >= 0.3 is 0 Å². The van der Waals surface area contributed by atoms with E-state index in [0.717, 1.165) is 24.9 Å². The van der Waals surface area contributed by atoms with Crippen molar-refractivity contribution in [2.24, 2.45) is 11.3 Å². The van der Waals surface area contributed by atoms with Gasteiger partial charge in [0.25, 0.3) is 0 Å². The molecule has 1 aliphatic heterocycles. The number of halogens is 1. The van der Waals surface area contributed by atoms with E-state index in [4.69, 9.17) is 11.6 Å². The highest BCUT2D eigenvalue weighted by molar-refractivity contribution is 7.90. The van der Waals surface area contributed by atoms with Crippen molar-refractivity contribution < 1.29 is 13.2 Å². The topological polar surface area (TPSA) is 97.2 Å². The summed E-state index contributed by atoms with van der Waals surface area (Å²) in [6.45, 7) is 5.29. The summed E-state index contributed by atoms with van der Waals surface area (Å²) in [5, 5.41) is 4.36. The van der Waals surface area contributed by atoms with Gasteiger partial charge in [-0.3, -0.25) is 9.48 Å². The van der Waals surface area contributed by atoms with Gasteiger partial charge in [0.05, 0.1) is 5.25 Å². The Balaban J connectivity index is 1.51. The molecule has 1 saturated carbocycles. The second kappa shape index (κ2) is 11.6. The number of aromatic nitrogens is 3. The third-order valence-electron chi connectivity index (χ3n) is 8.06. The van der Waals surface area contributed by atoms with E-state index in [2.05, 4.69) is 14.8 Å². The number of nitrogens with one attached hydrogen (secondary N) is 1. The molecule has 1 amide bonds. The van der Waals surface area contributed by atoms with Gasteiger partial charge in [-0.15, -0.1) is 0 Å². The van der Waals surface area contributed by atoms with Gasteiger partial charge < -0.3 is 4.90 Å². The number of hydrogen-bond donors (Lipinski definition) is 1. The highest BCUT2D eigenvalue weighted by Gasteiger charge is 2.44. The molecule has 2 fully saturated rings. The van der Waals surface area contributed by atoms with Gasteiger partial charge in [-0.2, -0.15) is 5.10 Å². The fraction of sp³-hybridized carbons (Fsp3) is 0.654. The normalized spacial score (nSPS) is 19.9. The van der Waals surface area contributed by atoms with E-state index in [1.807, 2.05) is 21.7 Å². The summed E-state index contributed by atoms with van der Waals surface area (Å²) in [7, 11) is -3.63. The first-order valence-electron chi connectivity index (χ1n) is 13.1. The Kier molecular flexibility index (Phi) is 8.73. The number of benzene rings is 1. The molecule has 1 aromatic carbocycles. The molecule has 2 aromatic rings.